The van der Waals surface area contributed by atoms with Crippen LogP contribution in [0.4, 0.5) is 4.39 Å². The van der Waals surface area contributed by atoms with Crippen molar-refractivity contribution in [3.8, 4) is 0 Å². The van der Waals surface area contributed by atoms with Crippen LogP contribution in [0.5, 0.6) is 0 Å². The molecule has 100 valence electrons. The van der Waals surface area contributed by atoms with Gasteiger partial charge in [-0.25, -0.2) is 4.39 Å². The van der Waals surface area contributed by atoms with E-state index in [0.717, 1.165) is 22.5 Å². The fourth-order valence-electron chi connectivity index (χ4n) is 2.73. The van der Waals surface area contributed by atoms with Gasteiger partial charge in [-0.2, -0.15) is 0 Å². The van der Waals surface area contributed by atoms with Crippen LogP contribution in [-0.4, -0.2) is 35.1 Å². The number of H-pyrrole nitrogens is 1. The molecule has 2 heterocycles. The Morgan fingerprint density at radius 3 is 2.56 bits per heavy atom. The summed E-state index contributed by atoms with van der Waals surface area (Å²) in [6.07, 6.45) is -0.399. The molecule has 1 aliphatic rings. The summed E-state index contributed by atoms with van der Waals surface area (Å²) in [5.74, 6) is 0.325. The molecule has 0 aliphatic carbocycles. The van der Waals surface area contributed by atoms with E-state index in [0.29, 0.717) is 18.9 Å². The molecule has 3 nitrogen and oxygen atoms in total. The first-order valence-corrected chi connectivity index (χ1v) is 6.54. The van der Waals surface area contributed by atoms with Gasteiger partial charge in [0.2, 0.25) is 0 Å². The number of aromatic nitrogens is 1. The molecule has 1 atom stereocenters. The van der Waals surface area contributed by atoms with Crippen LogP contribution < -0.4 is 0 Å². The highest BCUT2D eigenvalue weighted by Gasteiger charge is 2.29. The number of likely N-dealkylation sites (tertiary alicyclic amines) is 1. The van der Waals surface area contributed by atoms with E-state index in [4.69, 9.17) is 0 Å². The van der Waals surface area contributed by atoms with Crippen molar-refractivity contribution in [2.24, 2.45) is 0 Å². The predicted molar refractivity (Wildman–Crippen MR) is 69.8 cm³/mol. The number of nitrogens with zero attached hydrogens (tertiary/aromatic N) is 1. The lowest BCUT2D eigenvalue weighted by atomic mass is 10.0. The molecule has 2 rings (SSSR count). The third kappa shape index (κ3) is 2.16. The molecule has 1 aromatic rings. The Bertz CT molecular complexity index is 465. The number of hydrogen-bond acceptors (Lipinski definition) is 1. The van der Waals surface area contributed by atoms with Gasteiger partial charge in [0.15, 0.2) is 0 Å². The Labute approximate surface area is 107 Å². The van der Waals surface area contributed by atoms with Crippen molar-refractivity contribution in [3.63, 3.8) is 0 Å². The summed E-state index contributed by atoms with van der Waals surface area (Å²) in [4.78, 5) is 17.3. The van der Waals surface area contributed by atoms with Crippen LogP contribution >= 0.6 is 0 Å². The van der Waals surface area contributed by atoms with Crippen molar-refractivity contribution in [3.05, 3.63) is 22.5 Å². The van der Waals surface area contributed by atoms with E-state index < -0.39 is 6.17 Å². The Morgan fingerprint density at radius 2 is 2.11 bits per heavy atom. The molecule has 0 saturated carbocycles. The van der Waals surface area contributed by atoms with Gasteiger partial charge < -0.3 is 9.88 Å². The molecular weight excluding hydrogens is 231 g/mol. The van der Waals surface area contributed by atoms with E-state index in [9.17, 15) is 9.18 Å². The topological polar surface area (TPSA) is 36.1 Å². The van der Waals surface area contributed by atoms with E-state index in [2.05, 4.69) is 18.8 Å². The largest absolute Gasteiger partial charge is 0.361 e. The average molecular weight is 252 g/mol. The first kappa shape index (κ1) is 13.1. The fourth-order valence-corrected chi connectivity index (χ4v) is 2.73. The van der Waals surface area contributed by atoms with Gasteiger partial charge in [0.05, 0.1) is 12.1 Å². The molecule has 4 heteroatoms. The lowest BCUT2D eigenvalue weighted by Gasteiger charge is -2.16. The average Bonchev–Trinajstić information content (AvgIpc) is 2.83. The number of rotatable bonds is 2. The van der Waals surface area contributed by atoms with Crippen molar-refractivity contribution >= 4 is 5.91 Å². The number of alkyl halides is 1. The van der Waals surface area contributed by atoms with Gasteiger partial charge in [-0.05, 0) is 31.7 Å². The van der Waals surface area contributed by atoms with Gasteiger partial charge in [-0.1, -0.05) is 13.8 Å². The quantitative estimate of drug-likeness (QED) is 0.863. The first-order valence-electron chi connectivity index (χ1n) is 6.54. The molecule has 0 aromatic carbocycles. The maximum Gasteiger partial charge on any atom is 0.256 e. The number of aromatic amines is 1. The summed E-state index contributed by atoms with van der Waals surface area (Å²) in [5.41, 5.74) is 3.73. The number of nitrogens with one attached hydrogen (secondary N) is 1. The normalized spacial score (nSPS) is 19.9. The molecule has 1 aromatic heterocycles. The number of amides is 1. The highest BCUT2D eigenvalue weighted by molar-refractivity contribution is 5.97. The number of halogens is 1. The smallest absolute Gasteiger partial charge is 0.256 e. The van der Waals surface area contributed by atoms with Crippen LogP contribution in [-0.2, 0) is 0 Å². The van der Waals surface area contributed by atoms with Gasteiger partial charge in [-0.3, -0.25) is 4.79 Å². The van der Waals surface area contributed by atoms with E-state index in [1.807, 2.05) is 13.8 Å². The third-order valence-electron chi connectivity index (χ3n) is 3.69. The van der Waals surface area contributed by atoms with Crippen molar-refractivity contribution in [2.45, 2.75) is 46.2 Å². The van der Waals surface area contributed by atoms with E-state index in [1.54, 1.807) is 4.90 Å². The minimum atomic E-state index is -0.863. The maximum atomic E-state index is 13.2. The van der Waals surface area contributed by atoms with Crippen molar-refractivity contribution in [1.82, 2.24) is 9.88 Å². The Balaban J connectivity index is 2.31. The SMILES string of the molecule is Cc1[nH]c(C(C)C)c(C)c1C(=O)N1CC[C@@H](F)C1. The molecule has 1 amide bonds. The molecule has 0 unspecified atom stereocenters. The minimum absolute atomic E-state index is 0.0340. The van der Waals surface area contributed by atoms with Crippen LogP contribution in [0.1, 0.15) is 53.5 Å². The second-order valence-electron chi connectivity index (χ2n) is 5.46. The number of carbonyl (C=O) groups is 1. The van der Waals surface area contributed by atoms with Crippen molar-refractivity contribution in [2.75, 3.05) is 13.1 Å². The fraction of sp³-hybridized carbons (Fsp3) is 0.643. The summed E-state index contributed by atoms with van der Waals surface area (Å²) in [6, 6.07) is 0. The van der Waals surface area contributed by atoms with Gasteiger partial charge in [0.1, 0.15) is 6.17 Å². The summed E-state index contributed by atoms with van der Waals surface area (Å²) in [5, 5.41) is 0. The zero-order chi connectivity index (χ0) is 13.4. The van der Waals surface area contributed by atoms with Gasteiger partial charge >= 0.3 is 0 Å². The summed E-state index contributed by atoms with van der Waals surface area (Å²) in [6.45, 7) is 8.84. The van der Waals surface area contributed by atoms with E-state index >= 15 is 0 Å². The van der Waals surface area contributed by atoms with Crippen molar-refractivity contribution < 1.29 is 9.18 Å². The van der Waals surface area contributed by atoms with Crippen LogP contribution in [0.2, 0.25) is 0 Å². The predicted octanol–water partition coefficient (Wildman–Crippen LogP) is 2.94. The molecular formula is C14H21FN2O. The molecule has 0 bridgehead atoms. The number of hydrogen-bond donors (Lipinski definition) is 1. The van der Waals surface area contributed by atoms with E-state index in [-0.39, 0.29) is 12.5 Å². The molecule has 18 heavy (non-hydrogen) atoms. The Morgan fingerprint density at radius 1 is 1.44 bits per heavy atom. The lowest BCUT2D eigenvalue weighted by molar-refractivity contribution is 0.0781. The van der Waals surface area contributed by atoms with Crippen LogP contribution in [0.3, 0.4) is 0 Å². The third-order valence-corrected chi connectivity index (χ3v) is 3.69. The molecule has 1 saturated heterocycles. The van der Waals surface area contributed by atoms with Gasteiger partial charge in [0, 0.05) is 17.9 Å². The summed E-state index contributed by atoms with van der Waals surface area (Å²) >= 11 is 0. The highest BCUT2D eigenvalue weighted by Crippen LogP contribution is 2.26. The minimum Gasteiger partial charge on any atom is -0.361 e. The summed E-state index contributed by atoms with van der Waals surface area (Å²) < 4.78 is 13.2. The number of carbonyl (C=O) groups excluding carboxylic acids is 1. The van der Waals surface area contributed by atoms with Crippen molar-refractivity contribution in [1.29, 1.82) is 0 Å². The van der Waals surface area contributed by atoms with E-state index in [1.165, 1.54) is 0 Å². The van der Waals surface area contributed by atoms with Gasteiger partial charge in [0.25, 0.3) is 5.91 Å². The monoisotopic (exact) mass is 252 g/mol. The van der Waals surface area contributed by atoms with Crippen LogP contribution in [0.25, 0.3) is 0 Å². The number of aryl methyl sites for hydroxylation is 1. The lowest BCUT2D eigenvalue weighted by Crippen LogP contribution is -2.29. The zero-order valence-electron chi connectivity index (χ0n) is 11.5. The molecule has 1 aliphatic heterocycles. The Kier molecular flexibility index (Phi) is 3.46. The maximum absolute atomic E-state index is 13.2. The summed E-state index contributed by atoms with van der Waals surface area (Å²) in [7, 11) is 0. The standard InChI is InChI=1S/C14H21FN2O/c1-8(2)13-9(3)12(10(4)16-13)14(18)17-6-5-11(15)7-17/h8,11,16H,5-7H2,1-4H3/t11-/m1/s1. The molecule has 0 radical (unpaired) electrons. The molecule has 1 N–H and O–H groups in total. The van der Waals surface area contributed by atoms with Gasteiger partial charge in [-0.15, -0.1) is 0 Å². The highest BCUT2D eigenvalue weighted by atomic mass is 19.1. The van der Waals surface area contributed by atoms with Crippen LogP contribution in [0.15, 0.2) is 0 Å². The first-order chi connectivity index (χ1) is 8.41. The zero-order valence-corrected chi connectivity index (χ0v) is 11.5. The second kappa shape index (κ2) is 4.75. The Hall–Kier alpha value is -1.32. The second-order valence-corrected chi connectivity index (χ2v) is 5.46. The molecule has 0 spiro atoms. The molecule has 1 fully saturated rings. The van der Waals surface area contributed by atoms with Crippen LogP contribution in [0, 0.1) is 13.8 Å².